The number of hydrogen-bond donors (Lipinski definition) is 0. The first kappa shape index (κ1) is 13.1. The van der Waals surface area contributed by atoms with Crippen LogP contribution in [0.4, 0.5) is 0 Å². The van der Waals surface area contributed by atoms with Crippen LogP contribution in [0.15, 0.2) is 56.7 Å². The molecule has 22 heavy (non-hydrogen) atoms. The minimum atomic E-state index is 0.596. The number of rotatable bonds is 4. The Kier molecular flexibility index (Phi) is 3.19. The number of oxazole rings is 1. The highest BCUT2D eigenvalue weighted by molar-refractivity contribution is 7.98. The second-order valence-electron chi connectivity index (χ2n) is 4.71. The van der Waals surface area contributed by atoms with Gasteiger partial charge in [0.2, 0.25) is 5.89 Å². The van der Waals surface area contributed by atoms with E-state index in [1.807, 2.05) is 48.0 Å². The summed E-state index contributed by atoms with van der Waals surface area (Å²) in [5.74, 6) is 2.67. The largest absolute Gasteiger partial charge is 0.461 e. The van der Waals surface area contributed by atoms with Crippen molar-refractivity contribution in [2.45, 2.75) is 10.9 Å². The summed E-state index contributed by atoms with van der Waals surface area (Å²) in [5, 5.41) is 9.13. The minimum Gasteiger partial charge on any atom is -0.461 e. The second kappa shape index (κ2) is 5.34. The zero-order valence-corrected chi connectivity index (χ0v) is 12.6. The summed E-state index contributed by atoms with van der Waals surface area (Å²) in [4.78, 5) is 4.45. The number of furan rings is 1. The lowest BCUT2D eigenvalue weighted by molar-refractivity contribution is 0.555. The molecule has 0 spiro atoms. The number of nitrogens with zero attached hydrogens (tertiary/aromatic N) is 4. The molecule has 110 valence electrons. The molecule has 0 fully saturated rings. The zero-order valence-electron chi connectivity index (χ0n) is 11.8. The second-order valence-corrected chi connectivity index (χ2v) is 5.65. The van der Waals surface area contributed by atoms with E-state index in [-0.39, 0.29) is 0 Å². The SMILES string of the molecule is Cn1c(SCc2nc3ccccc3o2)nnc1-c1ccco1. The van der Waals surface area contributed by atoms with E-state index in [2.05, 4.69) is 15.2 Å². The van der Waals surface area contributed by atoms with Gasteiger partial charge in [0.05, 0.1) is 12.0 Å². The molecule has 3 heterocycles. The Balaban J connectivity index is 1.54. The number of fused-ring (bicyclic) bond motifs is 1. The summed E-state index contributed by atoms with van der Waals surface area (Å²) in [5.41, 5.74) is 1.67. The van der Waals surface area contributed by atoms with Gasteiger partial charge in [-0.15, -0.1) is 10.2 Å². The van der Waals surface area contributed by atoms with E-state index in [0.717, 1.165) is 16.3 Å². The van der Waals surface area contributed by atoms with Gasteiger partial charge >= 0.3 is 0 Å². The number of hydrogen-bond acceptors (Lipinski definition) is 6. The van der Waals surface area contributed by atoms with Gasteiger partial charge in [-0.3, -0.25) is 0 Å². The molecule has 0 radical (unpaired) electrons. The molecule has 1 aromatic carbocycles. The van der Waals surface area contributed by atoms with Crippen molar-refractivity contribution in [2.24, 2.45) is 7.05 Å². The molecule has 6 nitrogen and oxygen atoms in total. The lowest BCUT2D eigenvalue weighted by atomic mass is 10.3. The monoisotopic (exact) mass is 312 g/mol. The van der Waals surface area contributed by atoms with Crippen LogP contribution < -0.4 is 0 Å². The normalized spacial score (nSPS) is 11.3. The van der Waals surface area contributed by atoms with Gasteiger partial charge in [-0.2, -0.15) is 0 Å². The number of aromatic nitrogens is 4. The minimum absolute atomic E-state index is 0.596. The first-order valence-corrected chi connectivity index (χ1v) is 7.70. The number of thioether (sulfide) groups is 1. The Bertz CT molecular complexity index is 878. The van der Waals surface area contributed by atoms with Crippen molar-refractivity contribution in [2.75, 3.05) is 0 Å². The zero-order chi connectivity index (χ0) is 14.9. The van der Waals surface area contributed by atoms with Gasteiger partial charge in [0, 0.05) is 7.05 Å². The van der Waals surface area contributed by atoms with Crippen LogP contribution in [0.5, 0.6) is 0 Å². The third-order valence-electron chi connectivity index (χ3n) is 3.24. The van der Waals surface area contributed by atoms with Gasteiger partial charge in [0.1, 0.15) is 5.52 Å². The molecule has 0 saturated carbocycles. The molecule has 0 unspecified atom stereocenters. The third kappa shape index (κ3) is 2.29. The molecule has 4 rings (SSSR count). The van der Waals surface area contributed by atoms with Crippen LogP contribution >= 0.6 is 11.8 Å². The van der Waals surface area contributed by atoms with Gasteiger partial charge in [-0.05, 0) is 24.3 Å². The number of benzene rings is 1. The van der Waals surface area contributed by atoms with Gasteiger partial charge in [-0.1, -0.05) is 23.9 Å². The standard InChI is InChI=1S/C15H12N4O2S/c1-19-14(12-7-4-8-20-12)17-18-15(19)22-9-13-16-10-5-2-3-6-11(10)21-13/h2-8H,9H2,1H3. The van der Waals surface area contributed by atoms with Crippen LogP contribution in [0.1, 0.15) is 5.89 Å². The first-order valence-electron chi connectivity index (χ1n) is 6.72. The molecule has 0 atom stereocenters. The van der Waals surface area contributed by atoms with E-state index in [0.29, 0.717) is 23.2 Å². The fraction of sp³-hybridized carbons (Fsp3) is 0.133. The Morgan fingerprint density at radius 2 is 2.05 bits per heavy atom. The average Bonchev–Trinajstić information content (AvgIpc) is 3.24. The summed E-state index contributed by atoms with van der Waals surface area (Å²) in [7, 11) is 1.91. The van der Waals surface area contributed by atoms with E-state index >= 15 is 0 Å². The molecular formula is C15H12N4O2S. The Morgan fingerprint density at radius 1 is 1.14 bits per heavy atom. The van der Waals surface area contributed by atoms with E-state index in [4.69, 9.17) is 8.83 Å². The van der Waals surface area contributed by atoms with E-state index in [1.165, 1.54) is 11.8 Å². The summed E-state index contributed by atoms with van der Waals surface area (Å²) >= 11 is 1.52. The van der Waals surface area contributed by atoms with Crippen LogP contribution in [0, 0.1) is 0 Å². The number of para-hydroxylation sites is 2. The van der Waals surface area contributed by atoms with Crippen LogP contribution in [0.25, 0.3) is 22.7 Å². The van der Waals surface area contributed by atoms with Crippen molar-refractivity contribution in [3.05, 3.63) is 48.6 Å². The molecular weight excluding hydrogens is 300 g/mol. The molecule has 0 saturated heterocycles. The smallest absolute Gasteiger partial charge is 0.205 e. The lowest BCUT2D eigenvalue weighted by Gasteiger charge is -2.00. The predicted molar refractivity (Wildman–Crippen MR) is 82.3 cm³/mol. The Morgan fingerprint density at radius 3 is 2.86 bits per heavy atom. The quantitative estimate of drug-likeness (QED) is 0.537. The van der Waals surface area contributed by atoms with Gasteiger partial charge < -0.3 is 13.4 Å². The van der Waals surface area contributed by atoms with E-state index < -0.39 is 0 Å². The molecule has 3 aromatic heterocycles. The molecule has 4 aromatic rings. The summed E-state index contributed by atoms with van der Waals surface area (Å²) in [6, 6.07) is 11.4. The fourth-order valence-corrected chi connectivity index (χ4v) is 2.92. The van der Waals surface area contributed by atoms with Crippen molar-refractivity contribution >= 4 is 22.9 Å². The molecule has 0 aliphatic rings. The van der Waals surface area contributed by atoms with Crippen molar-refractivity contribution in [3.63, 3.8) is 0 Å². The van der Waals surface area contributed by atoms with Crippen molar-refractivity contribution < 1.29 is 8.83 Å². The first-order chi connectivity index (χ1) is 10.8. The summed E-state index contributed by atoms with van der Waals surface area (Å²) in [6.07, 6.45) is 1.62. The Hall–Kier alpha value is -2.54. The molecule has 0 amide bonds. The highest BCUT2D eigenvalue weighted by atomic mass is 32.2. The Labute approximate surface area is 130 Å². The maximum absolute atomic E-state index is 5.70. The summed E-state index contributed by atoms with van der Waals surface area (Å²) in [6.45, 7) is 0. The predicted octanol–water partition coefficient (Wildman–Crippen LogP) is 3.51. The van der Waals surface area contributed by atoms with Gasteiger partial charge in [0.15, 0.2) is 22.3 Å². The van der Waals surface area contributed by atoms with Crippen LogP contribution in [-0.2, 0) is 12.8 Å². The van der Waals surface area contributed by atoms with E-state index in [9.17, 15) is 0 Å². The highest BCUT2D eigenvalue weighted by Crippen LogP contribution is 2.26. The summed E-state index contributed by atoms with van der Waals surface area (Å²) < 4.78 is 12.9. The van der Waals surface area contributed by atoms with E-state index in [1.54, 1.807) is 6.26 Å². The maximum atomic E-state index is 5.70. The van der Waals surface area contributed by atoms with Crippen molar-refractivity contribution in [1.29, 1.82) is 0 Å². The molecule has 0 aliphatic heterocycles. The van der Waals surface area contributed by atoms with Crippen LogP contribution in [0.3, 0.4) is 0 Å². The maximum Gasteiger partial charge on any atom is 0.205 e. The molecule has 7 heteroatoms. The van der Waals surface area contributed by atoms with Crippen LogP contribution in [0.2, 0.25) is 0 Å². The van der Waals surface area contributed by atoms with Crippen molar-refractivity contribution in [1.82, 2.24) is 19.7 Å². The lowest BCUT2D eigenvalue weighted by Crippen LogP contribution is -1.94. The molecule has 0 aliphatic carbocycles. The van der Waals surface area contributed by atoms with Crippen LogP contribution in [-0.4, -0.2) is 19.7 Å². The topological polar surface area (TPSA) is 69.9 Å². The molecule has 0 bridgehead atoms. The average molecular weight is 312 g/mol. The van der Waals surface area contributed by atoms with Gasteiger partial charge in [0.25, 0.3) is 0 Å². The highest BCUT2D eigenvalue weighted by Gasteiger charge is 2.14. The van der Waals surface area contributed by atoms with Crippen molar-refractivity contribution in [3.8, 4) is 11.6 Å². The van der Waals surface area contributed by atoms with Gasteiger partial charge in [-0.25, -0.2) is 4.98 Å². The fourth-order valence-electron chi connectivity index (χ4n) is 2.17. The molecule has 0 N–H and O–H groups in total. The third-order valence-corrected chi connectivity index (χ3v) is 4.24.